The zero-order valence-electron chi connectivity index (χ0n) is 9.62. The number of anilines is 1. The molecule has 1 aromatic rings. The van der Waals surface area contributed by atoms with Crippen LogP contribution in [0.25, 0.3) is 0 Å². The summed E-state index contributed by atoms with van der Waals surface area (Å²) in [6.45, 7) is 3.77. The maximum atomic E-state index is 11.1. The Morgan fingerprint density at radius 3 is 2.56 bits per heavy atom. The third kappa shape index (κ3) is 4.41. The van der Waals surface area contributed by atoms with Crippen LogP contribution in [0.2, 0.25) is 5.02 Å². The first-order chi connectivity index (χ1) is 7.28. The van der Waals surface area contributed by atoms with Gasteiger partial charge in [0.1, 0.15) is 9.84 Å². The summed E-state index contributed by atoms with van der Waals surface area (Å²) in [4.78, 5) is 0. The Hall–Kier alpha value is -0.740. The zero-order chi connectivity index (χ0) is 12.3. The van der Waals surface area contributed by atoms with Crippen molar-refractivity contribution in [2.45, 2.75) is 19.9 Å². The molecule has 0 amide bonds. The highest BCUT2D eigenvalue weighted by Crippen LogP contribution is 2.20. The maximum Gasteiger partial charge on any atom is 0.149 e. The standard InChI is InChI=1S/C11H16ClNO2S/c1-8-6-10(12)4-5-11(8)13-9(2)7-16(3,14)15/h4-6,9,13H,7H2,1-3H3. The number of sulfone groups is 1. The van der Waals surface area contributed by atoms with Crippen LogP contribution in [0, 0.1) is 6.92 Å². The van der Waals surface area contributed by atoms with Gasteiger partial charge in [-0.2, -0.15) is 0 Å². The number of hydrogen-bond donors (Lipinski definition) is 1. The van der Waals surface area contributed by atoms with E-state index in [0.717, 1.165) is 11.3 Å². The summed E-state index contributed by atoms with van der Waals surface area (Å²) in [6, 6.07) is 5.37. The van der Waals surface area contributed by atoms with E-state index in [1.807, 2.05) is 26.0 Å². The highest BCUT2D eigenvalue weighted by Gasteiger charge is 2.11. The molecule has 0 radical (unpaired) electrons. The van der Waals surface area contributed by atoms with Crippen molar-refractivity contribution in [2.75, 3.05) is 17.3 Å². The van der Waals surface area contributed by atoms with Crippen molar-refractivity contribution >= 4 is 27.1 Å². The van der Waals surface area contributed by atoms with E-state index in [1.165, 1.54) is 6.26 Å². The Bertz CT molecular complexity index is 471. The van der Waals surface area contributed by atoms with Crippen LogP contribution >= 0.6 is 11.6 Å². The number of aryl methyl sites for hydroxylation is 1. The van der Waals surface area contributed by atoms with E-state index in [0.29, 0.717) is 5.02 Å². The topological polar surface area (TPSA) is 46.2 Å². The quantitative estimate of drug-likeness (QED) is 0.906. The van der Waals surface area contributed by atoms with Gasteiger partial charge in [-0.25, -0.2) is 8.42 Å². The molecule has 90 valence electrons. The lowest BCUT2D eigenvalue weighted by atomic mass is 10.2. The fourth-order valence-electron chi connectivity index (χ4n) is 1.55. The van der Waals surface area contributed by atoms with Gasteiger partial charge in [-0.05, 0) is 37.6 Å². The van der Waals surface area contributed by atoms with Crippen LogP contribution in [0.15, 0.2) is 18.2 Å². The molecule has 3 nitrogen and oxygen atoms in total. The molecular weight excluding hydrogens is 246 g/mol. The van der Waals surface area contributed by atoms with Crippen LogP contribution in [0.1, 0.15) is 12.5 Å². The van der Waals surface area contributed by atoms with Gasteiger partial charge < -0.3 is 5.32 Å². The van der Waals surface area contributed by atoms with Gasteiger partial charge in [0.15, 0.2) is 0 Å². The van der Waals surface area contributed by atoms with Crippen LogP contribution in [0.5, 0.6) is 0 Å². The van der Waals surface area contributed by atoms with Crippen molar-refractivity contribution in [3.8, 4) is 0 Å². The molecule has 0 aliphatic carbocycles. The molecule has 0 saturated carbocycles. The van der Waals surface area contributed by atoms with Crippen LogP contribution in [0.4, 0.5) is 5.69 Å². The van der Waals surface area contributed by atoms with Crippen molar-refractivity contribution in [2.24, 2.45) is 0 Å². The molecular formula is C11H16ClNO2S. The van der Waals surface area contributed by atoms with Crippen LogP contribution in [-0.2, 0) is 9.84 Å². The number of rotatable bonds is 4. The summed E-state index contributed by atoms with van der Waals surface area (Å²) in [5, 5.41) is 3.84. The average molecular weight is 262 g/mol. The zero-order valence-corrected chi connectivity index (χ0v) is 11.2. The molecule has 0 aliphatic rings. The molecule has 0 aromatic heterocycles. The largest absolute Gasteiger partial charge is 0.381 e. The lowest BCUT2D eigenvalue weighted by molar-refractivity contribution is 0.598. The Morgan fingerprint density at radius 2 is 2.06 bits per heavy atom. The lowest BCUT2D eigenvalue weighted by Crippen LogP contribution is -2.25. The second-order valence-corrected chi connectivity index (χ2v) is 6.72. The van der Waals surface area contributed by atoms with Gasteiger partial charge in [0.2, 0.25) is 0 Å². The second-order valence-electron chi connectivity index (χ2n) is 4.10. The first-order valence-corrected chi connectivity index (χ1v) is 7.42. The minimum Gasteiger partial charge on any atom is -0.381 e. The van der Waals surface area contributed by atoms with E-state index < -0.39 is 9.84 Å². The van der Waals surface area contributed by atoms with Crippen LogP contribution in [-0.4, -0.2) is 26.5 Å². The van der Waals surface area contributed by atoms with Gasteiger partial charge in [0.25, 0.3) is 0 Å². The predicted octanol–water partition coefficient (Wildman–Crippen LogP) is 2.49. The Labute approximate surface area is 102 Å². The second kappa shape index (κ2) is 5.06. The van der Waals surface area contributed by atoms with Crippen molar-refractivity contribution in [3.05, 3.63) is 28.8 Å². The van der Waals surface area contributed by atoms with Crippen molar-refractivity contribution in [1.82, 2.24) is 0 Å². The first kappa shape index (κ1) is 13.3. The maximum absolute atomic E-state index is 11.1. The highest BCUT2D eigenvalue weighted by molar-refractivity contribution is 7.90. The fourth-order valence-corrected chi connectivity index (χ4v) is 2.77. The fraction of sp³-hybridized carbons (Fsp3) is 0.455. The monoisotopic (exact) mass is 261 g/mol. The van der Waals surface area contributed by atoms with Gasteiger partial charge in [-0.1, -0.05) is 11.6 Å². The van der Waals surface area contributed by atoms with E-state index in [-0.39, 0.29) is 11.8 Å². The summed E-state index contributed by atoms with van der Waals surface area (Å²) >= 11 is 5.84. The van der Waals surface area contributed by atoms with Crippen molar-refractivity contribution < 1.29 is 8.42 Å². The summed E-state index contributed by atoms with van der Waals surface area (Å²) < 4.78 is 22.2. The molecule has 1 unspecified atom stereocenters. The van der Waals surface area contributed by atoms with Gasteiger partial charge in [-0.15, -0.1) is 0 Å². The number of hydrogen-bond acceptors (Lipinski definition) is 3. The van der Waals surface area contributed by atoms with E-state index >= 15 is 0 Å². The normalized spacial score (nSPS) is 13.5. The minimum atomic E-state index is -2.95. The van der Waals surface area contributed by atoms with Crippen LogP contribution < -0.4 is 5.32 Å². The molecule has 0 bridgehead atoms. The first-order valence-electron chi connectivity index (χ1n) is 4.98. The Morgan fingerprint density at radius 1 is 1.44 bits per heavy atom. The Kier molecular flexibility index (Phi) is 4.21. The van der Waals surface area contributed by atoms with Crippen molar-refractivity contribution in [3.63, 3.8) is 0 Å². The van der Waals surface area contributed by atoms with Gasteiger partial charge >= 0.3 is 0 Å². The third-order valence-electron chi connectivity index (χ3n) is 2.14. The van der Waals surface area contributed by atoms with Gasteiger partial charge in [0.05, 0.1) is 5.75 Å². The van der Waals surface area contributed by atoms with E-state index in [4.69, 9.17) is 11.6 Å². The van der Waals surface area contributed by atoms with Gasteiger partial charge in [-0.3, -0.25) is 0 Å². The summed E-state index contributed by atoms with van der Waals surface area (Å²) in [5.41, 5.74) is 1.92. The van der Waals surface area contributed by atoms with Crippen LogP contribution in [0.3, 0.4) is 0 Å². The minimum absolute atomic E-state index is 0.116. The number of nitrogens with one attached hydrogen (secondary N) is 1. The summed E-state index contributed by atoms with van der Waals surface area (Å²) in [7, 11) is -2.95. The SMILES string of the molecule is Cc1cc(Cl)ccc1NC(C)CS(C)(=O)=O. The molecule has 0 aliphatic heterocycles. The number of benzene rings is 1. The molecule has 0 saturated heterocycles. The third-order valence-corrected chi connectivity index (χ3v) is 3.48. The smallest absolute Gasteiger partial charge is 0.149 e. The molecule has 1 rings (SSSR count). The predicted molar refractivity (Wildman–Crippen MR) is 69.0 cm³/mol. The average Bonchev–Trinajstić information content (AvgIpc) is 2.06. The van der Waals surface area contributed by atoms with E-state index in [2.05, 4.69) is 5.32 Å². The summed E-state index contributed by atoms with van der Waals surface area (Å²) in [6.07, 6.45) is 1.24. The lowest BCUT2D eigenvalue weighted by Gasteiger charge is -2.16. The van der Waals surface area contributed by atoms with E-state index in [1.54, 1.807) is 6.07 Å². The molecule has 0 heterocycles. The van der Waals surface area contributed by atoms with Crippen molar-refractivity contribution in [1.29, 1.82) is 0 Å². The molecule has 5 heteroatoms. The molecule has 0 fully saturated rings. The molecule has 1 aromatic carbocycles. The van der Waals surface area contributed by atoms with E-state index in [9.17, 15) is 8.42 Å². The molecule has 1 atom stereocenters. The summed E-state index contributed by atoms with van der Waals surface area (Å²) in [5.74, 6) is 0.120. The Balaban J connectivity index is 2.73. The number of halogens is 1. The molecule has 1 N–H and O–H groups in total. The molecule has 0 spiro atoms. The highest BCUT2D eigenvalue weighted by atomic mass is 35.5. The van der Waals surface area contributed by atoms with Gasteiger partial charge in [0, 0.05) is 23.0 Å². The molecule has 16 heavy (non-hydrogen) atoms.